The first kappa shape index (κ1) is 13.4. The van der Waals surface area contributed by atoms with Crippen molar-refractivity contribution in [1.29, 1.82) is 5.26 Å². The molecule has 3 aromatic rings. The van der Waals surface area contributed by atoms with E-state index in [-0.39, 0.29) is 0 Å². The van der Waals surface area contributed by atoms with Crippen LogP contribution in [0.15, 0.2) is 60.7 Å². The van der Waals surface area contributed by atoms with Gasteiger partial charge in [0.05, 0.1) is 11.6 Å². The van der Waals surface area contributed by atoms with E-state index in [0.29, 0.717) is 0 Å². The summed E-state index contributed by atoms with van der Waals surface area (Å²) in [4.78, 5) is 0. The van der Waals surface area contributed by atoms with Crippen LogP contribution in [0.5, 0.6) is 0 Å². The van der Waals surface area contributed by atoms with Gasteiger partial charge >= 0.3 is 0 Å². The van der Waals surface area contributed by atoms with Gasteiger partial charge in [0.1, 0.15) is 0 Å². The molecule has 0 bridgehead atoms. The van der Waals surface area contributed by atoms with Gasteiger partial charge < -0.3 is 0 Å². The van der Waals surface area contributed by atoms with Crippen LogP contribution in [0, 0.1) is 18.3 Å². The molecular weight excluding hydrogens is 254 g/mol. The van der Waals surface area contributed by atoms with Crippen molar-refractivity contribution in [3.05, 3.63) is 82.9 Å². The van der Waals surface area contributed by atoms with Crippen molar-refractivity contribution >= 4 is 10.8 Å². The number of benzene rings is 3. The molecule has 0 heterocycles. The number of nitrogens with zero attached hydrogens (tertiary/aromatic N) is 1. The predicted molar refractivity (Wildman–Crippen MR) is 87.3 cm³/mol. The first-order chi connectivity index (χ1) is 10.2. The fourth-order valence-corrected chi connectivity index (χ4v) is 2.56. The van der Waals surface area contributed by atoms with Crippen molar-refractivity contribution in [1.82, 2.24) is 0 Å². The van der Waals surface area contributed by atoms with Crippen molar-refractivity contribution in [2.75, 3.05) is 0 Å². The van der Waals surface area contributed by atoms with Crippen molar-refractivity contribution in [3.8, 4) is 6.07 Å². The van der Waals surface area contributed by atoms with Crippen LogP contribution in [0.2, 0.25) is 0 Å². The largest absolute Gasteiger partial charge is 0.192 e. The molecule has 0 saturated heterocycles. The Bertz CT molecular complexity index is 807. The molecular formula is C20H17N. The lowest BCUT2D eigenvalue weighted by Gasteiger charge is -2.05. The second-order valence-electron chi connectivity index (χ2n) is 5.49. The Morgan fingerprint density at radius 2 is 1.43 bits per heavy atom. The maximum Gasteiger partial charge on any atom is 0.0991 e. The monoisotopic (exact) mass is 271 g/mol. The lowest BCUT2D eigenvalue weighted by atomic mass is 10.00. The summed E-state index contributed by atoms with van der Waals surface area (Å²) in [5, 5.41) is 11.3. The second-order valence-corrected chi connectivity index (χ2v) is 5.49. The summed E-state index contributed by atoms with van der Waals surface area (Å²) in [6.07, 6.45) is 2.07. The Balaban J connectivity index is 1.80. The Labute approximate surface area is 125 Å². The molecule has 0 saturated carbocycles. The van der Waals surface area contributed by atoms with E-state index in [2.05, 4.69) is 55.5 Å². The Hall–Kier alpha value is -2.59. The molecule has 21 heavy (non-hydrogen) atoms. The van der Waals surface area contributed by atoms with Gasteiger partial charge in [-0.15, -0.1) is 0 Å². The van der Waals surface area contributed by atoms with Gasteiger partial charge in [-0.3, -0.25) is 0 Å². The van der Waals surface area contributed by atoms with E-state index in [9.17, 15) is 0 Å². The van der Waals surface area contributed by atoms with E-state index in [1.165, 1.54) is 22.1 Å². The standard InChI is InChI=1S/C20H17N/c1-15-2-4-16(5-3-15)6-7-17-8-10-19-11-9-18(14-21)13-20(19)12-17/h2-5,8-13H,6-7H2,1H3. The van der Waals surface area contributed by atoms with Crippen LogP contribution >= 0.6 is 0 Å². The molecule has 0 aromatic heterocycles. The zero-order chi connectivity index (χ0) is 14.7. The summed E-state index contributed by atoms with van der Waals surface area (Å²) >= 11 is 0. The van der Waals surface area contributed by atoms with Gasteiger partial charge in [0.15, 0.2) is 0 Å². The van der Waals surface area contributed by atoms with Crippen LogP contribution in [0.3, 0.4) is 0 Å². The highest BCUT2D eigenvalue weighted by atomic mass is 14.2. The SMILES string of the molecule is Cc1ccc(CCc2ccc3ccc(C#N)cc3c2)cc1. The topological polar surface area (TPSA) is 23.8 Å². The molecule has 0 N–H and O–H groups in total. The molecule has 0 amide bonds. The number of hydrogen-bond acceptors (Lipinski definition) is 1. The minimum absolute atomic E-state index is 0.721. The van der Waals surface area contributed by atoms with Crippen LogP contribution < -0.4 is 0 Å². The average molecular weight is 271 g/mol. The summed E-state index contributed by atoms with van der Waals surface area (Å²) < 4.78 is 0. The summed E-state index contributed by atoms with van der Waals surface area (Å²) in [5.41, 5.74) is 4.70. The quantitative estimate of drug-likeness (QED) is 0.671. The zero-order valence-corrected chi connectivity index (χ0v) is 12.1. The summed E-state index contributed by atoms with van der Waals surface area (Å²) in [7, 11) is 0. The minimum Gasteiger partial charge on any atom is -0.192 e. The normalized spacial score (nSPS) is 10.5. The smallest absolute Gasteiger partial charge is 0.0991 e. The second kappa shape index (κ2) is 5.81. The maximum absolute atomic E-state index is 8.99. The highest BCUT2D eigenvalue weighted by molar-refractivity contribution is 5.84. The molecule has 0 unspecified atom stereocenters. The molecule has 0 fully saturated rings. The van der Waals surface area contributed by atoms with Gasteiger partial charge in [0, 0.05) is 0 Å². The number of nitriles is 1. The van der Waals surface area contributed by atoms with Crippen LogP contribution in [0.25, 0.3) is 10.8 Å². The molecule has 0 radical (unpaired) electrons. The van der Waals surface area contributed by atoms with Gasteiger partial charge in [0.2, 0.25) is 0 Å². The van der Waals surface area contributed by atoms with Crippen LogP contribution in [-0.4, -0.2) is 0 Å². The Morgan fingerprint density at radius 3 is 2.19 bits per heavy atom. The molecule has 0 aliphatic heterocycles. The summed E-state index contributed by atoms with van der Waals surface area (Å²) in [5.74, 6) is 0. The maximum atomic E-state index is 8.99. The zero-order valence-electron chi connectivity index (χ0n) is 12.1. The highest BCUT2D eigenvalue weighted by Crippen LogP contribution is 2.19. The molecule has 1 nitrogen and oxygen atoms in total. The van der Waals surface area contributed by atoms with Crippen LogP contribution in [-0.2, 0) is 12.8 Å². The van der Waals surface area contributed by atoms with E-state index in [1.807, 2.05) is 18.2 Å². The first-order valence-electron chi connectivity index (χ1n) is 7.23. The third-order valence-electron chi connectivity index (χ3n) is 3.86. The van der Waals surface area contributed by atoms with E-state index in [1.54, 1.807) is 0 Å². The van der Waals surface area contributed by atoms with Crippen molar-refractivity contribution < 1.29 is 0 Å². The van der Waals surface area contributed by atoms with Crippen LogP contribution in [0.1, 0.15) is 22.3 Å². The molecule has 1 heteroatoms. The Kier molecular flexibility index (Phi) is 3.71. The van der Waals surface area contributed by atoms with Gasteiger partial charge in [-0.2, -0.15) is 5.26 Å². The molecule has 0 spiro atoms. The van der Waals surface area contributed by atoms with E-state index in [0.717, 1.165) is 23.8 Å². The molecule has 102 valence electrons. The van der Waals surface area contributed by atoms with E-state index >= 15 is 0 Å². The molecule has 0 aliphatic rings. The van der Waals surface area contributed by atoms with Gasteiger partial charge in [-0.1, -0.05) is 54.1 Å². The third-order valence-corrected chi connectivity index (χ3v) is 3.86. The average Bonchev–Trinajstić information content (AvgIpc) is 2.53. The molecule has 0 atom stereocenters. The lowest BCUT2D eigenvalue weighted by Crippen LogP contribution is -1.91. The lowest BCUT2D eigenvalue weighted by molar-refractivity contribution is 0.961. The van der Waals surface area contributed by atoms with E-state index < -0.39 is 0 Å². The van der Waals surface area contributed by atoms with Gasteiger partial charge in [0.25, 0.3) is 0 Å². The number of aryl methyl sites for hydroxylation is 3. The molecule has 0 aliphatic carbocycles. The number of hydrogen-bond donors (Lipinski definition) is 0. The number of fused-ring (bicyclic) bond motifs is 1. The molecule has 3 rings (SSSR count). The Morgan fingerprint density at radius 1 is 0.762 bits per heavy atom. The first-order valence-corrected chi connectivity index (χ1v) is 7.23. The van der Waals surface area contributed by atoms with Crippen molar-refractivity contribution in [2.24, 2.45) is 0 Å². The third kappa shape index (κ3) is 3.12. The molecule has 3 aromatic carbocycles. The fraction of sp³-hybridized carbons (Fsp3) is 0.150. The van der Waals surface area contributed by atoms with Crippen molar-refractivity contribution in [3.63, 3.8) is 0 Å². The van der Waals surface area contributed by atoms with E-state index in [4.69, 9.17) is 5.26 Å². The predicted octanol–water partition coefficient (Wildman–Crippen LogP) is 4.81. The van der Waals surface area contributed by atoms with Crippen LogP contribution in [0.4, 0.5) is 0 Å². The summed E-state index contributed by atoms with van der Waals surface area (Å²) in [6.45, 7) is 2.11. The van der Waals surface area contributed by atoms with Gasteiger partial charge in [-0.25, -0.2) is 0 Å². The highest BCUT2D eigenvalue weighted by Gasteiger charge is 2.00. The number of rotatable bonds is 3. The van der Waals surface area contributed by atoms with Crippen molar-refractivity contribution in [2.45, 2.75) is 19.8 Å². The van der Waals surface area contributed by atoms with Gasteiger partial charge in [-0.05, 0) is 53.8 Å². The summed E-state index contributed by atoms with van der Waals surface area (Å²) in [6, 6.07) is 23.3. The fourth-order valence-electron chi connectivity index (χ4n) is 2.56. The minimum atomic E-state index is 0.721.